The van der Waals surface area contributed by atoms with Crippen LogP contribution in [0, 0.1) is 0 Å². The van der Waals surface area contributed by atoms with Crippen LogP contribution in [0.1, 0.15) is 28.9 Å². The van der Waals surface area contributed by atoms with E-state index in [0.29, 0.717) is 5.56 Å². The molecule has 1 amide bonds. The van der Waals surface area contributed by atoms with Gasteiger partial charge in [-0.2, -0.15) is 11.3 Å². The van der Waals surface area contributed by atoms with Crippen LogP contribution in [0.5, 0.6) is 0 Å². The van der Waals surface area contributed by atoms with Crippen LogP contribution >= 0.6 is 11.3 Å². The summed E-state index contributed by atoms with van der Waals surface area (Å²) in [7, 11) is 0. The quantitative estimate of drug-likeness (QED) is 0.766. The minimum atomic E-state index is -0.175. The Bertz CT molecular complexity index is 555. The lowest BCUT2D eigenvalue weighted by Crippen LogP contribution is -2.26. The van der Waals surface area contributed by atoms with Gasteiger partial charge in [0.2, 0.25) is 0 Å². The molecule has 3 N–H and O–H groups in total. The SMILES string of the molecule is CC(Nc1cccc(C(=O)NCCO)c1)c1ccsc1. The number of carbonyl (C=O) groups is 1. The number of carbonyl (C=O) groups excluding carboxylic acids is 1. The van der Waals surface area contributed by atoms with E-state index < -0.39 is 0 Å². The second-order valence-corrected chi connectivity index (χ2v) is 5.26. The fourth-order valence-electron chi connectivity index (χ4n) is 1.88. The van der Waals surface area contributed by atoms with Crippen LogP contribution in [0.25, 0.3) is 0 Å². The van der Waals surface area contributed by atoms with Crippen LogP contribution in [0.2, 0.25) is 0 Å². The van der Waals surface area contributed by atoms with Crippen molar-refractivity contribution in [3.8, 4) is 0 Å². The number of amides is 1. The molecule has 0 aliphatic heterocycles. The van der Waals surface area contributed by atoms with Crippen molar-refractivity contribution >= 4 is 22.9 Å². The number of rotatable bonds is 6. The Kier molecular flexibility index (Phi) is 5.15. The van der Waals surface area contributed by atoms with Gasteiger partial charge in [0.15, 0.2) is 0 Å². The zero-order valence-corrected chi connectivity index (χ0v) is 12.1. The molecule has 0 saturated carbocycles. The van der Waals surface area contributed by atoms with Crippen molar-refractivity contribution in [3.05, 3.63) is 52.2 Å². The van der Waals surface area contributed by atoms with E-state index in [1.165, 1.54) is 5.56 Å². The van der Waals surface area contributed by atoms with Crippen molar-refractivity contribution in [2.24, 2.45) is 0 Å². The monoisotopic (exact) mass is 290 g/mol. The zero-order chi connectivity index (χ0) is 14.4. The van der Waals surface area contributed by atoms with Crippen LogP contribution in [-0.4, -0.2) is 24.2 Å². The molecule has 0 bridgehead atoms. The Morgan fingerprint density at radius 3 is 2.95 bits per heavy atom. The number of benzene rings is 1. The van der Waals surface area contributed by atoms with E-state index in [-0.39, 0.29) is 25.1 Å². The first kappa shape index (κ1) is 14.6. The number of hydrogen-bond acceptors (Lipinski definition) is 4. The fraction of sp³-hybridized carbons (Fsp3) is 0.267. The van der Waals surface area contributed by atoms with Gasteiger partial charge in [-0.05, 0) is 47.5 Å². The minimum Gasteiger partial charge on any atom is -0.395 e. The maximum absolute atomic E-state index is 11.8. The molecule has 1 heterocycles. The Balaban J connectivity index is 2.04. The van der Waals surface area contributed by atoms with E-state index in [1.807, 2.05) is 23.6 Å². The molecule has 1 unspecified atom stereocenters. The van der Waals surface area contributed by atoms with Crippen LogP contribution in [0.4, 0.5) is 5.69 Å². The predicted octanol–water partition coefficient (Wildman–Crippen LogP) is 2.64. The molecule has 4 nitrogen and oxygen atoms in total. The number of thiophene rings is 1. The zero-order valence-electron chi connectivity index (χ0n) is 11.3. The molecule has 5 heteroatoms. The van der Waals surface area contributed by atoms with Gasteiger partial charge in [-0.25, -0.2) is 0 Å². The molecule has 0 saturated heterocycles. The summed E-state index contributed by atoms with van der Waals surface area (Å²) >= 11 is 1.67. The molecule has 1 aromatic heterocycles. The first-order chi connectivity index (χ1) is 9.70. The van der Waals surface area contributed by atoms with E-state index in [4.69, 9.17) is 5.11 Å². The summed E-state index contributed by atoms with van der Waals surface area (Å²) in [6.07, 6.45) is 0. The molecule has 2 aromatic rings. The van der Waals surface area contributed by atoms with Crippen LogP contribution in [0.3, 0.4) is 0 Å². The maximum Gasteiger partial charge on any atom is 0.251 e. The molecule has 0 radical (unpaired) electrons. The number of anilines is 1. The summed E-state index contributed by atoms with van der Waals surface area (Å²) < 4.78 is 0. The highest BCUT2D eigenvalue weighted by atomic mass is 32.1. The Hall–Kier alpha value is -1.85. The molecule has 0 aliphatic rings. The largest absolute Gasteiger partial charge is 0.395 e. The summed E-state index contributed by atoms with van der Waals surface area (Å²) in [6.45, 7) is 2.29. The number of aliphatic hydroxyl groups is 1. The molecule has 0 spiro atoms. The van der Waals surface area contributed by atoms with Crippen molar-refractivity contribution < 1.29 is 9.90 Å². The van der Waals surface area contributed by atoms with Gasteiger partial charge in [-0.3, -0.25) is 4.79 Å². The summed E-state index contributed by atoms with van der Waals surface area (Å²) in [5.41, 5.74) is 2.71. The van der Waals surface area contributed by atoms with Gasteiger partial charge in [-0.15, -0.1) is 0 Å². The minimum absolute atomic E-state index is 0.0567. The maximum atomic E-state index is 11.8. The van der Waals surface area contributed by atoms with Crippen molar-refractivity contribution in [1.82, 2.24) is 5.32 Å². The highest BCUT2D eigenvalue weighted by molar-refractivity contribution is 7.07. The molecule has 0 aliphatic carbocycles. The van der Waals surface area contributed by atoms with Crippen molar-refractivity contribution in [2.75, 3.05) is 18.5 Å². The first-order valence-electron chi connectivity index (χ1n) is 6.48. The average molecular weight is 290 g/mol. The topological polar surface area (TPSA) is 61.4 Å². The third-order valence-electron chi connectivity index (χ3n) is 2.95. The molecule has 2 rings (SSSR count). The summed E-state index contributed by atoms with van der Waals surface area (Å²) in [4.78, 5) is 11.8. The summed E-state index contributed by atoms with van der Waals surface area (Å²) in [5.74, 6) is -0.175. The highest BCUT2D eigenvalue weighted by Gasteiger charge is 2.08. The molecule has 1 aromatic carbocycles. The van der Waals surface area contributed by atoms with Gasteiger partial charge in [0.05, 0.1) is 6.61 Å². The molecular weight excluding hydrogens is 272 g/mol. The molecular formula is C15H18N2O2S. The van der Waals surface area contributed by atoms with Gasteiger partial charge in [-0.1, -0.05) is 6.07 Å². The Morgan fingerprint density at radius 2 is 2.25 bits per heavy atom. The fourth-order valence-corrected chi connectivity index (χ4v) is 2.63. The van der Waals surface area contributed by atoms with Crippen LogP contribution in [0.15, 0.2) is 41.1 Å². The number of aliphatic hydroxyl groups excluding tert-OH is 1. The van der Waals surface area contributed by atoms with Crippen LogP contribution < -0.4 is 10.6 Å². The standard InChI is InChI=1S/C15H18N2O2S/c1-11(13-5-8-20-10-13)17-14-4-2-3-12(9-14)15(19)16-6-7-18/h2-5,8-11,17-18H,6-7H2,1H3,(H,16,19). The normalized spacial score (nSPS) is 11.9. The van der Waals surface area contributed by atoms with Crippen molar-refractivity contribution in [1.29, 1.82) is 0 Å². The lowest BCUT2D eigenvalue weighted by atomic mass is 10.1. The van der Waals surface area contributed by atoms with Gasteiger partial charge in [0, 0.05) is 23.8 Å². The van der Waals surface area contributed by atoms with Crippen molar-refractivity contribution in [2.45, 2.75) is 13.0 Å². The molecule has 106 valence electrons. The van der Waals surface area contributed by atoms with Gasteiger partial charge in [0.1, 0.15) is 0 Å². The van der Waals surface area contributed by atoms with E-state index in [0.717, 1.165) is 5.69 Å². The van der Waals surface area contributed by atoms with E-state index in [2.05, 4.69) is 29.0 Å². The van der Waals surface area contributed by atoms with Crippen LogP contribution in [-0.2, 0) is 0 Å². The summed E-state index contributed by atoms with van der Waals surface area (Å²) in [6, 6.07) is 9.63. The molecule has 20 heavy (non-hydrogen) atoms. The Morgan fingerprint density at radius 1 is 1.40 bits per heavy atom. The number of nitrogens with one attached hydrogen (secondary N) is 2. The van der Waals surface area contributed by atoms with Gasteiger partial charge >= 0.3 is 0 Å². The first-order valence-corrected chi connectivity index (χ1v) is 7.42. The highest BCUT2D eigenvalue weighted by Crippen LogP contribution is 2.21. The Labute approximate surface area is 122 Å². The third-order valence-corrected chi connectivity index (χ3v) is 3.65. The smallest absolute Gasteiger partial charge is 0.251 e. The third kappa shape index (κ3) is 3.82. The van der Waals surface area contributed by atoms with E-state index in [1.54, 1.807) is 17.4 Å². The lowest BCUT2D eigenvalue weighted by molar-refractivity contribution is 0.0945. The second-order valence-electron chi connectivity index (χ2n) is 4.48. The summed E-state index contributed by atoms with van der Waals surface area (Å²) in [5, 5.41) is 18.9. The number of hydrogen-bond donors (Lipinski definition) is 3. The second kappa shape index (κ2) is 7.07. The van der Waals surface area contributed by atoms with Crippen molar-refractivity contribution in [3.63, 3.8) is 0 Å². The molecule has 1 atom stereocenters. The van der Waals surface area contributed by atoms with E-state index >= 15 is 0 Å². The van der Waals surface area contributed by atoms with E-state index in [9.17, 15) is 4.79 Å². The van der Waals surface area contributed by atoms with Gasteiger partial charge < -0.3 is 15.7 Å². The average Bonchev–Trinajstić information content (AvgIpc) is 2.99. The predicted molar refractivity (Wildman–Crippen MR) is 82.2 cm³/mol. The lowest BCUT2D eigenvalue weighted by Gasteiger charge is -2.15. The van der Waals surface area contributed by atoms with Gasteiger partial charge in [0.25, 0.3) is 5.91 Å². The molecule has 0 fully saturated rings.